The topological polar surface area (TPSA) is 112 Å². The first-order valence-corrected chi connectivity index (χ1v) is 8.41. The van der Waals surface area contributed by atoms with Crippen LogP contribution >= 0.6 is 15.9 Å². The van der Waals surface area contributed by atoms with E-state index >= 15 is 0 Å². The van der Waals surface area contributed by atoms with Gasteiger partial charge in [-0.25, -0.2) is 4.79 Å². The van der Waals surface area contributed by atoms with E-state index in [0.29, 0.717) is 11.3 Å². The van der Waals surface area contributed by atoms with Crippen LogP contribution in [0.3, 0.4) is 0 Å². The summed E-state index contributed by atoms with van der Waals surface area (Å²) >= 11 is 3.31. The van der Waals surface area contributed by atoms with Gasteiger partial charge < -0.3 is 19.9 Å². The predicted molar refractivity (Wildman–Crippen MR) is 101 cm³/mol. The van der Waals surface area contributed by atoms with Crippen LogP contribution in [0, 0.1) is 11.3 Å². The number of carbonyl (C=O) groups is 2. The van der Waals surface area contributed by atoms with Crippen molar-refractivity contribution >= 4 is 33.9 Å². The molecule has 0 bridgehead atoms. The molecule has 8 heteroatoms. The maximum atomic E-state index is 12.0. The second kappa shape index (κ2) is 9.40. The summed E-state index contributed by atoms with van der Waals surface area (Å²) in [5.74, 6) is -0.497. The Kier molecular flexibility index (Phi) is 6.97. The molecule has 0 aliphatic heterocycles. The highest BCUT2D eigenvalue weighted by atomic mass is 79.9. The molecule has 0 saturated heterocycles. The van der Waals surface area contributed by atoms with Crippen LogP contribution in [0.4, 0.5) is 0 Å². The van der Waals surface area contributed by atoms with Crippen molar-refractivity contribution in [2.75, 3.05) is 13.7 Å². The van der Waals surface area contributed by atoms with Gasteiger partial charge in [-0.1, -0.05) is 22.0 Å². The molecule has 1 amide bonds. The van der Waals surface area contributed by atoms with E-state index in [1.807, 2.05) is 0 Å². The lowest BCUT2D eigenvalue weighted by molar-refractivity contribution is -0.136. The van der Waals surface area contributed by atoms with E-state index in [-0.39, 0.29) is 23.7 Å². The molecule has 2 N–H and O–H groups in total. The van der Waals surface area contributed by atoms with Gasteiger partial charge in [0.2, 0.25) is 0 Å². The fraction of sp³-hybridized carbons (Fsp3) is 0.105. The molecule has 7 nitrogen and oxygen atoms in total. The number of amides is 1. The van der Waals surface area contributed by atoms with Crippen molar-refractivity contribution in [1.82, 2.24) is 0 Å². The number of carbonyl (C=O) groups excluding carboxylic acids is 2. The molecule has 0 atom stereocenters. The quantitative estimate of drug-likeness (QED) is 0.312. The molecule has 2 rings (SSSR count). The molecule has 2 aromatic rings. The normalized spacial score (nSPS) is 10.6. The highest BCUT2D eigenvalue weighted by Crippen LogP contribution is 2.29. The third-order valence-electron chi connectivity index (χ3n) is 3.28. The van der Waals surface area contributed by atoms with Crippen LogP contribution in [-0.4, -0.2) is 25.6 Å². The van der Waals surface area contributed by atoms with Crippen LogP contribution in [0.15, 0.2) is 52.5 Å². The molecule has 138 valence electrons. The standard InChI is InChI=1S/C19H15BrN2O5/c1-25-17-9-12(8-13(10-21)19(22)24)2-7-16(17)27-18(23)11-26-15-5-3-14(20)4-6-15/h2-9H,11H2,1H3,(H2,22,24)/b13-8+. The van der Waals surface area contributed by atoms with Crippen molar-refractivity contribution < 1.29 is 23.8 Å². The summed E-state index contributed by atoms with van der Waals surface area (Å²) in [6.45, 7) is -0.285. The summed E-state index contributed by atoms with van der Waals surface area (Å²) in [5.41, 5.74) is 5.39. The Morgan fingerprint density at radius 3 is 2.48 bits per heavy atom. The number of hydrogen-bond acceptors (Lipinski definition) is 6. The minimum atomic E-state index is -0.836. The highest BCUT2D eigenvalue weighted by molar-refractivity contribution is 9.10. The number of primary amides is 1. The number of methoxy groups -OCH3 is 1. The van der Waals surface area contributed by atoms with Gasteiger partial charge in [0.15, 0.2) is 18.1 Å². The Balaban J connectivity index is 2.07. The van der Waals surface area contributed by atoms with E-state index in [2.05, 4.69) is 15.9 Å². The molecule has 0 radical (unpaired) electrons. The third kappa shape index (κ3) is 5.87. The molecule has 0 saturated carbocycles. The first-order chi connectivity index (χ1) is 12.9. The van der Waals surface area contributed by atoms with Crippen LogP contribution in [0.2, 0.25) is 0 Å². The van der Waals surface area contributed by atoms with Crippen LogP contribution in [0.1, 0.15) is 5.56 Å². The molecule has 0 aliphatic carbocycles. The van der Waals surface area contributed by atoms with Crippen molar-refractivity contribution in [3.05, 3.63) is 58.1 Å². The van der Waals surface area contributed by atoms with E-state index in [1.165, 1.54) is 25.3 Å². The number of halogens is 1. The van der Waals surface area contributed by atoms with Crippen LogP contribution in [0.5, 0.6) is 17.2 Å². The predicted octanol–water partition coefficient (Wildman–Crippen LogP) is 2.83. The molecule has 0 heterocycles. The van der Waals surface area contributed by atoms with E-state index in [9.17, 15) is 9.59 Å². The van der Waals surface area contributed by atoms with Gasteiger partial charge >= 0.3 is 5.97 Å². The van der Waals surface area contributed by atoms with Crippen molar-refractivity contribution in [1.29, 1.82) is 5.26 Å². The van der Waals surface area contributed by atoms with E-state index in [0.717, 1.165) is 4.47 Å². The smallest absolute Gasteiger partial charge is 0.349 e. The fourth-order valence-electron chi connectivity index (χ4n) is 2.01. The second-order valence-corrected chi connectivity index (χ2v) is 6.08. The summed E-state index contributed by atoms with van der Waals surface area (Å²) in [5, 5.41) is 8.89. The van der Waals surface area contributed by atoms with Gasteiger partial charge in [0.1, 0.15) is 17.4 Å². The molecular formula is C19H15BrN2O5. The number of nitrogens with two attached hydrogens (primary N) is 1. The van der Waals surface area contributed by atoms with Gasteiger partial charge in [-0.05, 0) is 48.0 Å². The number of nitrogens with zero attached hydrogens (tertiary/aromatic N) is 1. The third-order valence-corrected chi connectivity index (χ3v) is 3.81. The minimum Gasteiger partial charge on any atom is -0.493 e. The summed E-state index contributed by atoms with van der Waals surface area (Å²) < 4.78 is 16.7. The average Bonchev–Trinajstić information content (AvgIpc) is 2.66. The first-order valence-electron chi connectivity index (χ1n) is 7.61. The SMILES string of the molecule is COc1cc(/C=C(\C#N)C(N)=O)ccc1OC(=O)COc1ccc(Br)cc1. The largest absolute Gasteiger partial charge is 0.493 e. The van der Waals surface area contributed by atoms with E-state index in [4.69, 9.17) is 25.2 Å². The zero-order valence-electron chi connectivity index (χ0n) is 14.3. The lowest BCUT2D eigenvalue weighted by atomic mass is 10.1. The summed E-state index contributed by atoms with van der Waals surface area (Å²) in [4.78, 5) is 23.1. The van der Waals surface area contributed by atoms with Crippen molar-refractivity contribution in [3.63, 3.8) is 0 Å². The summed E-state index contributed by atoms with van der Waals surface area (Å²) in [6, 6.07) is 13.3. The lowest BCUT2D eigenvalue weighted by Crippen LogP contribution is -2.18. The van der Waals surface area contributed by atoms with Crippen molar-refractivity contribution in [2.24, 2.45) is 5.73 Å². The molecule has 0 spiro atoms. The number of hydrogen-bond donors (Lipinski definition) is 1. The number of nitriles is 1. The molecule has 0 aliphatic rings. The molecular weight excluding hydrogens is 416 g/mol. The van der Waals surface area contributed by atoms with Crippen LogP contribution in [-0.2, 0) is 9.59 Å². The summed E-state index contributed by atoms with van der Waals surface area (Å²) in [6.07, 6.45) is 1.31. The Bertz CT molecular complexity index is 917. The van der Waals surface area contributed by atoms with E-state index in [1.54, 1.807) is 36.4 Å². The van der Waals surface area contributed by atoms with Gasteiger partial charge in [0.05, 0.1) is 7.11 Å². The Morgan fingerprint density at radius 2 is 1.89 bits per heavy atom. The molecule has 0 fully saturated rings. The number of ether oxygens (including phenoxy) is 3. The van der Waals surface area contributed by atoms with Crippen LogP contribution in [0.25, 0.3) is 6.08 Å². The summed E-state index contributed by atoms with van der Waals surface area (Å²) in [7, 11) is 1.40. The van der Waals surface area contributed by atoms with Gasteiger partial charge in [-0.3, -0.25) is 4.79 Å². The lowest BCUT2D eigenvalue weighted by Gasteiger charge is -2.11. The Morgan fingerprint density at radius 1 is 1.19 bits per heavy atom. The minimum absolute atomic E-state index is 0.177. The number of benzene rings is 2. The van der Waals surface area contributed by atoms with Gasteiger partial charge in [0, 0.05) is 4.47 Å². The zero-order valence-corrected chi connectivity index (χ0v) is 15.9. The van der Waals surface area contributed by atoms with Gasteiger partial charge in [0.25, 0.3) is 5.91 Å². The number of esters is 1. The zero-order chi connectivity index (χ0) is 19.8. The maximum Gasteiger partial charge on any atom is 0.349 e. The van der Waals surface area contributed by atoms with Crippen molar-refractivity contribution in [3.8, 4) is 23.3 Å². The molecule has 0 unspecified atom stereocenters. The molecule has 27 heavy (non-hydrogen) atoms. The molecule has 2 aromatic carbocycles. The average molecular weight is 431 g/mol. The highest BCUT2D eigenvalue weighted by Gasteiger charge is 2.12. The van der Waals surface area contributed by atoms with Crippen molar-refractivity contribution in [2.45, 2.75) is 0 Å². The van der Waals surface area contributed by atoms with Gasteiger partial charge in [-0.2, -0.15) is 5.26 Å². The monoisotopic (exact) mass is 430 g/mol. The number of rotatable bonds is 7. The first kappa shape index (κ1) is 20.0. The Labute approximate surface area is 164 Å². The van der Waals surface area contributed by atoms with Crippen LogP contribution < -0.4 is 19.9 Å². The van der Waals surface area contributed by atoms with E-state index < -0.39 is 11.9 Å². The molecule has 0 aromatic heterocycles. The Hall–Kier alpha value is -3.31. The fourth-order valence-corrected chi connectivity index (χ4v) is 2.27. The second-order valence-electron chi connectivity index (χ2n) is 5.16. The van der Waals surface area contributed by atoms with Gasteiger partial charge in [-0.15, -0.1) is 0 Å². The maximum absolute atomic E-state index is 12.0.